The minimum absolute atomic E-state index is 0.0469. The largest absolute Gasteiger partial charge is 0.465 e. The standard InChI is InChI=1S/C19H30N4O6S/c1-11(2)10-14(23-19(26)27)17(25)22-13-8-7-12(3)21-18(16(13)24)30(28,29)15-6-4-5-9-20-15/h4-6,9,11-14,16,18,21,23-24H,7-8,10H2,1-3H3,(H,22,25)(H,26,27)/t12-,13+,14+,16+,18?/m1/s1. The highest BCUT2D eigenvalue weighted by atomic mass is 32.2. The molecule has 1 fully saturated rings. The van der Waals surface area contributed by atoms with Crippen LogP contribution in [0.2, 0.25) is 0 Å². The average molecular weight is 443 g/mol. The zero-order valence-electron chi connectivity index (χ0n) is 17.3. The third-order valence-corrected chi connectivity index (χ3v) is 6.90. The van der Waals surface area contributed by atoms with Crippen LogP contribution < -0.4 is 16.0 Å². The van der Waals surface area contributed by atoms with E-state index in [0.29, 0.717) is 12.8 Å². The minimum atomic E-state index is -4.03. The van der Waals surface area contributed by atoms with Gasteiger partial charge in [-0.3, -0.25) is 10.1 Å². The topological polar surface area (TPSA) is 158 Å². The van der Waals surface area contributed by atoms with Crippen molar-refractivity contribution in [1.29, 1.82) is 0 Å². The van der Waals surface area contributed by atoms with Gasteiger partial charge in [-0.15, -0.1) is 0 Å². The van der Waals surface area contributed by atoms with Gasteiger partial charge in [0.1, 0.15) is 17.5 Å². The van der Waals surface area contributed by atoms with Crippen LogP contribution in [-0.4, -0.2) is 65.2 Å². The molecule has 2 rings (SSSR count). The van der Waals surface area contributed by atoms with Crippen LogP contribution in [0.15, 0.2) is 29.4 Å². The Morgan fingerprint density at radius 3 is 2.57 bits per heavy atom. The third-order valence-electron chi connectivity index (χ3n) is 4.99. The van der Waals surface area contributed by atoms with Gasteiger partial charge in [-0.05, 0) is 44.2 Å². The van der Waals surface area contributed by atoms with E-state index in [1.807, 2.05) is 13.8 Å². The zero-order chi connectivity index (χ0) is 22.5. The van der Waals surface area contributed by atoms with Crippen molar-refractivity contribution in [1.82, 2.24) is 20.9 Å². The molecule has 168 valence electrons. The summed E-state index contributed by atoms with van der Waals surface area (Å²) in [6.07, 6.45) is -0.315. The second-order valence-electron chi connectivity index (χ2n) is 8.02. The number of aliphatic hydroxyl groups excluding tert-OH is 1. The molecule has 1 aliphatic heterocycles. The first-order valence-electron chi connectivity index (χ1n) is 9.91. The average Bonchev–Trinajstić information content (AvgIpc) is 2.81. The summed E-state index contributed by atoms with van der Waals surface area (Å²) in [5.41, 5.74) is 0. The van der Waals surface area contributed by atoms with Crippen LogP contribution in [0.4, 0.5) is 4.79 Å². The maximum atomic E-state index is 13.1. The Kier molecular flexibility index (Phi) is 8.16. The smallest absolute Gasteiger partial charge is 0.405 e. The molecule has 0 radical (unpaired) electrons. The summed E-state index contributed by atoms with van der Waals surface area (Å²) < 4.78 is 26.1. The van der Waals surface area contributed by atoms with E-state index in [1.165, 1.54) is 12.3 Å². The fourth-order valence-electron chi connectivity index (χ4n) is 3.49. The number of carbonyl (C=O) groups is 2. The highest BCUT2D eigenvalue weighted by molar-refractivity contribution is 7.92. The molecule has 0 spiro atoms. The van der Waals surface area contributed by atoms with Gasteiger partial charge in [-0.25, -0.2) is 18.2 Å². The van der Waals surface area contributed by atoms with Crippen LogP contribution in [0.5, 0.6) is 0 Å². The molecule has 0 aliphatic carbocycles. The molecule has 0 saturated carbocycles. The van der Waals surface area contributed by atoms with Crippen LogP contribution >= 0.6 is 0 Å². The Bertz CT molecular complexity index is 833. The van der Waals surface area contributed by atoms with Crippen LogP contribution in [-0.2, 0) is 14.6 Å². The molecule has 10 nitrogen and oxygen atoms in total. The predicted octanol–water partition coefficient (Wildman–Crippen LogP) is 0.481. The molecule has 30 heavy (non-hydrogen) atoms. The lowest BCUT2D eigenvalue weighted by Gasteiger charge is -2.29. The fraction of sp³-hybridized carbons (Fsp3) is 0.632. The van der Waals surface area contributed by atoms with Gasteiger partial charge >= 0.3 is 6.09 Å². The summed E-state index contributed by atoms with van der Waals surface area (Å²) in [6.45, 7) is 5.50. The number of aromatic nitrogens is 1. The monoisotopic (exact) mass is 442 g/mol. The van der Waals surface area contributed by atoms with E-state index in [-0.39, 0.29) is 23.4 Å². The number of amides is 2. The molecule has 0 aromatic carbocycles. The van der Waals surface area contributed by atoms with Gasteiger partial charge < -0.3 is 20.8 Å². The van der Waals surface area contributed by atoms with Crippen molar-refractivity contribution in [2.24, 2.45) is 5.92 Å². The number of rotatable bonds is 7. The second kappa shape index (κ2) is 10.2. The van der Waals surface area contributed by atoms with Crippen molar-refractivity contribution < 1.29 is 28.2 Å². The number of nitrogens with one attached hydrogen (secondary N) is 3. The quantitative estimate of drug-likeness (QED) is 0.408. The highest BCUT2D eigenvalue weighted by Gasteiger charge is 2.42. The lowest BCUT2D eigenvalue weighted by atomic mass is 10.0. The molecule has 0 bridgehead atoms. The first kappa shape index (κ1) is 24.0. The molecule has 5 atom stereocenters. The first-order valence-corrected chi connectivity index (χ1v) is 11.5. The van der Waals surface area contributed by atoms with E-state index in [2.05, 4.69) is 20.9 Å². The molecule has 11 heteroatoms. The summed E-state index contributed by atoms with van der Waals surface area (Å²) in [5, 5.41) is 26.1. The molecule has 1 unspecified atom stereocenters. The van der Waals surface area contributed by atoms with Gasteiger partial charge in [-0.1, -0.05) is 19.9 Å². The van der Waals surface area contributed by atoms with Gasteiger partial charge in [0.05, 0.1) is 6.04 Å². The lowest BCUT2D eigenvalue weighted by molar-refractivity contribution is -0.125. The van der Waals surface area contributed by atoms with E-state index in [9.17, 15) is 23.1 Å². The number of hydrogen-bond acceptors (Lipinski definition) is 7. The van der Waals surface area contributed by atoms with Crippen LogP contribution in [0.1, 0.15) is 40.0 Å². The predicted molar refractivity (Wildman–Crippen MR) is 109 cm³/mol. The van der Waals surface area contributed by atoms with Crippen LogP contribution in [0.3, 0.4) is 0 Å². The molecular weight excluding hydrogens is 412 g/mol. The van der Waals surface area contributed by atoms with Crippen molar-refractivity contribution in [3.63, 3.8) is 0 Å². The first-order chi connectivity index (χ1) is 14.0. The van der Waals surface area contributed by atoms with Gasteiger partial charge in [0, 0.05) is 12.2 Å². The summed E-state index contributed by atoms with van der Waals surface area (Å²) in [7, 11) is -4.03. The number of carboxylic acid groups (broad SMARTS) is 1. The zero-order valence-corrected chi connectivity index (χ0v) is 18.1. The maximum absolute atomic E-state index is 13.1. The molecule has 2 heterocycles. The van der Waals surface area contributed by atoms with E-state index < -0.39 is 45.4 Å². The summed E-state index contributed by atoms with van der Waals surface area (Å²) in [6, 6.07) is 2.38. The lowest BCUT2D eigenvalue weighted by Crippen LogP contribution is -2.57. The van der Waals surface area contributed by atoms with Crippen LogP contribution in [0.25, 0.3) is 0 Å². The Morgan fingerprint density at radius 2 is 2.00 bits per heavy atom. The summed E-state index contributed by atoms with van der Waals surface area (Å²) in [4.78, 5) is 27.7. The van der Waals surface area contributed by atoms with Crippen molar-refractivity contribution in [2.75, 3.05) is 0 Å². The Morgan fingerprint density at radius 1 is 1.30 bits per heavy atom. The van der Waals surface area contributed by atoms with Crippen molar-refractivity contribution in [3.8, 4) is 0 Å². The number of carbonyl (C=O) groups excluding carboxylic acids is 1. The van der Waals surface area contributed by atoms with Crippen molar-refractivity contribution in [3.05, 3.63) is 24.4 Å². The van der Waals surface area contributed by atoms with Gasteiger partial charge in [0.2, 0.25) is 15.7 Å². The fourth-order valence-corrected chi connectivity index (χ4v) is 5.19. The Labute approximate surface area is 176 Å². The maximum Gasteiger partial charge on any atom is 0.405 e. The second-order valence-corrected chi connectivity index (χ2v) is 10.0. The number of nitrogens with zero attached hydrogens (tertiary/aromatic N) is 1. The van der Waals surface area contributed by atoms with E-state index in [0.717, 1.165) is 0 Å². The van der Waals surface area contributed by atoms with E-state index in [1.54, 1.807) is 19.1 Å². The molecule has 1 aliphatic rings. The molecule has 1 saturated heterocycles. The minimum Gasteiger partial charge on any atom is -0.465 e. The van der Waals surface area contributed by atoms with Crippen molar-refractivity contribution in [2.45, 2.75) is 74.7 Å². The Balaban J connectivity index is 2.25. The van der Waals surface area contributed by atoms with Gasteiger partial charge in [0.25, 0.3) is 0 Å². The Hall–Kier alpha value is -2.24. The highest BCUT2D eigenvalue weighted by Crippen LogP contribution is 2.23. The van der Waals surface area contributed by atoms with Gasteiger partial charge in [0.15, 0.2) is 5.03 Å². The third kappa shape index (κ3) is 6.13. The molecular formula is C19H30N4O6S. The molecule has 2 amide bonds. The molecule has 5 N–H and O–H groups in total. The number of hydrogen-bond donors (Lipinski definition) is 5. The SMILES string of the molecule is CC(C)C[C@H](NC(=O)O)C(=O)N[C@H]1CC[C@@H](C)NC(S(=O)(=O)c2ccccn2)[C@H]1O. The number of pyridine rings is 1. The number of aliphatic hydroxyl groups is 1. The van der Waals surface area contributed by atoms with Gasteiger partial charge in [-0.2, -0.15) is 0 Å². The van der Waals surface area contributed by atoms with Crippen LogP contribution in [0, 0.1) is 5.92 Å². The van der Waals surface area contributed by atoms with E-state index >= 15 is 0 Å². The van der Waals surface area contributed by atoms with E-state index in [4.69, 9.17) is 5.11 Å². The normalized spacial score (nSPS) is 25.9. The molecule has 1 aromatic rings. The molecule has 1 aromatic heterocycles. The van der Waals surface area contributed by atoms with Crippen molar-refractivity contribution >= 4 is 21.8 Å². The summed E-state index contributed by atoms with van der Waals surface area (Å²) >= 11 is 0. The number of sulfone groups is 1. The summed E-state index contributed by atoms with van der Waals surface area (Å²) in [5.74, 6) is -0.552.